The molecule has 1 aromatic rings. The number of rotatable bonds is 6. The number of nitrogens with zero attached hydrogens (tertiary/aromatic N) is 1. The maximum Gasteiger partial charge on any atom is 0.270 e. The van der Waals surface area contributed by atoms with E-state index in [9.17, 15) is 10.1 Å². The first-order valence-corrected chi connectivity index (χ1v) is 6.84. The zero-order valence-corrected chi connectivity index (χ0v) is 11.2. The van der Waals surface area contributed by atoms with Crippen LogP contribution in [0.1, 0.15) is 38.2 Å². The standard InChI is InChI=1S/C14H20N2O3/c1-2-19-14-8-7-13(16(17)18)9-11(14)10-15-12-5-3-4-6-12/h7-9,12,15H,2-6,10H2,1H3. The smallest absolute Gasteiger partial charge is 0.270 e. The maximum absolute atomic E-state index is 10.8. The number of hydrogen-bond donors (Lipinski definition) is 1. The summed E-state index contributed by atoms with van der Waals surface area (Å²) in [5.74, 6) is 0.735. The molecule has 19 heavy (non-hydrogen) atoms. The average molecular weight is 264 g/mol. The second-order valence-corrected chi connectivity index (χ2v) is 4.84. The van der Waals surface area contributed by atoms with Crippen LogP contribution >= 0.6 is 0 Å². The van der Waals surface area contributed by atoms with Crippen molar-refractivity contribution in [2.45, 2.75) is 45.2 Å². The zero-order chi connectivity index (χ0) is 13.7. The van der Waals surface area contributed by atoms with Gasteiger partial charge in [-0.1, -0.05) is 12.8 Å². The van der Waals surface area contributed by atoms with Gasteiger partial charge in [0.25, 0.3) is 5.69 Å². The van der Waals surface area contributed by atoms with Crippen LogP contribution < -0.4 is 10.1 Å². The molecular formula is C14H20N2O3. The molecule has 0 bridgehead atoms. The van der Waals surface area contributed by atoms with Gasteiger partial charge in [0.15, 0.2) is 0 Å². The van der Waals surface area contributed by atoms with Crippen LogP contribution in [0.4, 0.5) is 5.69 Å². The van der Waals surface area contributed by atoms with Crippen LogP contribution in [-0.2, 0) is 6.54 Å². The number of benzene rings is 1. The summed E-state index contributed by atoms with van der Waals surface area (Å²) >= 11 is 0. The predicted molar refractivity (Wildman–Crippen MR) is 73.4 cm³/mol. The number of nitro groups is 1. The predicted octanol–water partition coefficient (Wildman–Crippen LogP) is 3.03. The molecule has 5 heteroatoms. The molecule has 0 heterocycles. The van der Waals surface area contributed by atoms with Gasteiger partial charge in [-0.25, -0.2) is 0 Å². The molecule has 1 fully saturated rings. The van der Waals surface area contributed by atoms with Gasteiger partial charge in [0.2, 0.25) is 0 Å². The lowest BCUT2D eigenvalue weighted by atomic mass is 10.1. The van der Waals surface area contributed by atoms with Crippen LogP contribution in [0.5, 0.6) is 5.75 Å². The molecule has 1 aliphatic rings. The fourth-order valence-corrected chi connectivity index (χ4v) is 2.50. The van der Waals surface area contributed by atoms with Crippen LogP contribution in [0.15, 0.2) is 18.2 Å². The zero-order valence-electron chi connectivity index (χ0n) is 11.2. The van der Waals surface area contributed by atoms with Crippen LogP contribution in [0.2, 0.25) is 0 Å². The number of non-ortho nitro benzene ring substituents is 1. The van der Waals surface area contributed by atoms with Crippen molar-refractivity contribution in [3.63, 3.8) is 0 Å². The van der Waals surface area contributed by atoms with E-state index in [1.54, 1.807) is 12.1 Å². The largest absolute Gasteiger partial charge is 0.494 e. The third-order valence-corrected chi connectivity index (χ3v) is 3.49. The summed E-state index contributed by atoms with van der Waals surface area (Å²) in [4.78, 5) is 10.5. The highest BCUT2D eigenvalue weighted by Gasteiger charge is 2.16. The Kier molecular flexibility index (Phi) is 4.74. The molecule has 5 nitrogen and oxygen atoms in total. The highest BCUT2D eigenvalue weighted by molar-refractivity contribution is 5.43. The van der Waals surface area contributed by atoms with E-state index in [-0.39, 0.29) is 10.6 Å². The lowest BCUT2D eigenvalue weighted by molar-refractivity contribution is -0.384. The Morgan fingerprint density at radius 2 is 2.16 bits per heavy atom. The molecule has 2 rings (SSSR count). The van der Waals surface area contributed by atoms with E-state index < -0.39 is 0 Å². The SMILES string of the molecule is CCOc1ccc([N+](=O)[O-])cc1CNC1CCCC1. The molecular weight excluding hydrogens is 244 g/mol. The molecule has 0 aliphatic heterocycles. The number of hydrogen-bond acceptors (Lipinski definition) is 4. The summed E-state index contributed by atoms with van der Waals surface area (Å²) in [5, 5.41) is 14.3. The molecule has 0 aromatic heterocycles. The summed E-state index contributed by atoms with van der Waals surface area (Å²) in [6.45, 7) is 3.10. The van der Waals surface area contributed by atoms with Gasteiger partial charge >= 0.3 is 0 Å². The average Bonchev–Trinajstić information content (AvgIpc) is 2.90. The van der Waals surface area contributed by atoms with Crippen LogP contribution in [-0.4, -0.2) is 17.6 Å². The van der Waals surface area contributed by atoms with Gasteiger partial charge in [-0.3, -0.25) is 10.1 Å². The lowest BCUT2D eigenvalue weighted by Gasteiger charge is -2.14. The van der Waals surface area contributed by atoms with Crippen molar-refractivity contribution in [3.05, 3.63) is 33.9 Å². The highest BCUT2D eigenvalue weighted by Crippen LogP contribution is 2.25. The summed E-state index contributed by atoms with van der Waals surface area (Å²) in [7, 11) is 0. The molecule has 0 unspecified atom stereocenters. The number of ether oxygens (including phenoxy) is 1. The molecule has 0 saturated heterocycles. The van der Waals surface area contributed by atoms with Gasteiger partial charge in [0.1, 0.15) is 5.75 Å². The van der Waals surface area contributed by atoms with Gasteiger partial charge in [0.05, 0.1) is 11.5 Å². The quantitative estimate of drug-likeness (QED) is 0.633. The van der Waals surface area contributed by atoms with Crippen LogP contribution in [0.3, 0.4) is 0 Å². The minimum Gasteiger partial charge on any atom is -0.494 e. The lowest BCUT2D eigenvalue weighted by Crippen LogP contribution is -2.25. The molecule has 0 spiro atoms. The van der Waals surface area contributed by atoms with E-state index in [4.69, 9.17) is 4.74 Å². The topological polar surface area (TPSA) is 64.4 Å². The summed E-state index contributed by atoms with van der Waals surface area (Å²) in [6.07, 6.45) is 4.92. The third-order valence-electron chi connectivity index (χ3n) is 3.49. The number of nitrogens with one attached hydrogen (secondary N) is 1. The van der Waals surface area contributed by atoms with Crippen molar-refractivity contribution < 1.29 is 9.66 Å². The van der Waals surface area contributed by atoms with E-state index in [1.807, 2.05) is 6.92 Å². The summed E-state index contributed by atoms with van der Waals surface area (Å²) < 4.78 is 5.52. The first-order valence-electron chi connectivity index (χ1n) is 6.84. The summed E-state index contributed by atoms with van der Waals surface area (Å²) in [5.41, 5.74) is 0.981. The molecule has 1 aromatic carbocycles. The Morgan fingerprint density at radius 1 is 1.42 bits per heavy atom. The van der Waals surface area contributed by atoms with Crippen molar-refractivity contribution in [1.82, 2.24) is 5.32 Å². The third kappa shape index (κ3) is 3.67. The Bertz CT molecular complexity index is 442. The van der Waals surface area contributed by atoms with E-state index in [2.05, 4.69) is 5.32 Å². The minimum absolute atomic E-state index is 0.117. The van der Waals surface area contributed by atoms with Gasteiger partial charge in [-0.15, -0.1) is 0 Å². The molecule has 0 atom stereocenters. The maximum atomic E-state index is 10.8. The van der Waals surface area contributed by atoms with Gasteiger partial charge in [-0.2, -0.15) is 0 Å². The summed E-state index contributed by atoms with van der Waals surface area (Å²) in [6, 6.07) is 5.32. The minimum atomic E-state index is -0.366. The molecule has 1 aliphatic carbocycles. The van der Waals surface area contributed by atoms with Crippen molar-refractivity contribution in [1.29, 1.82) is 0 Å². The first kappa shape index (κ1) is 13.8. The Balaban J connectivity index is 2.09. The van der Waals surface area contributed by atoms with E-state index in [0.717, 1.165) is 11.3 Å². The molecule has 1 N–H and O–H groups in total. The van der Waals surface area contributed by atoms with Crippen LogP contribution in [0, 0.1) is 10.1 Å². The molecule has 0 amide bonds. The van der Waals surface area contributed by atoms with Crippen molar-refractivity contribution in [2.24, 2.45) is 0 Å². The second kappa shape index (κ2) is 6.52. The Hall–Kier alpha value is -1.62. The van der Waals surface area contributed by atoms with Crippen molar-refractivity contribution >= 4 is 5.69 Å². The van der Waals surface area contributed by atoms with Gasteiger partial charge < -0.3 is 10.1 Å². The Labute approximate surface area is 113 Å². The van der Waals surface area contributed by atoms with E-state index >= 15 is 0 Å². The second-order valence-electron chi connectivity index (χ2n) is 4.84. The normalized spacial score (nSPS) is 15.6. The fourth-order valence-electron chi connectivity index (χ4n) is 2.50. The Morgan fingerprint density at radius 3 is 2.79 bits per heavy atom. The van der Waals surface area contributed by atoms with E-state index in [1.165, 1.54) is 31.7 Å². The van der Waals surface area contributed by atoms with Crippen molar-refractivity contribution in [3.8, 4) is 5.75 Å². The monoisotopic (exact) mass is 264 g/mol. The molecule has 0 radical (unpaired) electrons. The van der Waals surface area contributed by atoms with Crippen LogP contribution in [0.25, 0.3) is 0 Å². The van der Waals surface area contributed by atoms with E-state index in [0.29, 0.717) is 19.2 Å². The van der Waals surface area contributed by atoms with Gasteiger partial charge in [0, 0.05) is 30.3 Å². The highest BCUT2D eigenvalue weighted by atomic mass is 16.6. The molecule has 104 valence electrons. The van der Waals surface area contributed by atoms with Crippen molar-refractivity contribution in [2.75, 3.05) is 6.61 Å². The fraction of sp³-hybridized carbons (Fsp3) is 0.571. The molecule has 1 saturated carbocycles. The number of nitro benzene ring substituents is 1. The van der Waals surface area contributed by atoms with Gasteiger partial charge in [-0.05, 0) is 25.8 Å². The first-order chi connectivity index (χ1) is 9.20.